The quantitative estimate of drug-likeness (QED) is 0.0972. The number of benzene rings is 2. The van der Waals surface area contributed by atoms with E-state index in [1.807, 2.05) is 78.0 Å². The number of aromatic nitrogens is 1. The minimum Gasteiger partial charge on any atom is -0.507 e. The molecule has 1 saturated heterocycles. The second-order valence-electron chi connectivity index (χ2n) is 18.2. The Morgan fingerprint density at radius 1 is 1.02 bits per heavy atom. The number of aliphatic hydroxyl groups is 1. The van der Waals surface area contributed by atoms with Crippen LogP contribution in [0.15, 0.2) is 46.5 Å². The number of likely N-dealkylation sites (tertiary alicyclic amines) is 1. The average Bonchev–Trinajstić information content (AvgIpc) is 3.81. The third kappa shape index (κ3) is 7.46. The van der Waals surface area contributed by atoms with Crippen molar-refractivity contribution in [1.82, 2.24) is 10.1 Å². The predicted molar refractivity (Wildman–Crippen MR) is 220 cm³/mol. The monoisotopic (exact) mass is 837 g/mol. The smallest absolute Gasteiger partial charge is 0.417 e. The minimum absolute atomic E-state index is 0.0324. The molecule has 2 aromatic carbocycles. The van der Waals surface area contributed by atoms with Crippen LogP contribution in [-0.2, 0) is 28.4 Å². The predicted octanol–water partition coefficient (Wildman–Crippen LogP) is 10.1. The number of hydrogen-bond acceptors (Lipinski definition) is 10. The molecule has 1 aliphatic heterocycles. The Bertz CT molecular complexity index is 2110. The van der Waals surface area contributed by atoms with Gasteiger partial charge in [-0.05, 0) is 97.0 Å². The number of aliphatic hydroxyl groups excluding tert-OH is 1. The number of hydrogen-bond donors (Lipinski definition) is 2. The van der Waals surface area contributed by atoms with Gasteiger partial charge < -0.3 is 29.3 Å². The molecule has 3 N–H and O–H groups in total. The van der Waals surface area contributed by atoms with Crippen molar-refractivity contribution in [1.29, 1.82) is 0 Å². The lowest BCUT2D eigenvalue weighted by molar-refractivity contribution is -0.139. The van der Waals surface area contributed by atoms with Gasteiger partial charge in [0.05, 0.1) is 30.4 Å². The molecule has 4 aliphatic rings. The first-order chi connectivity index (χ1) is 27.9. The maximum absolute atomic E-state index is 15.8. The van der Waals surface area contributed by atoms with Crippen molar-refractivity contribution >= 4 is 25.6 Å². The summed E-state index contributed by atoms with van der Waals surface area (Å²) in [6.07, 6.45) is -0.983. The molecular weight excluding hydrogens is 780 g/mol. The Morgan fingerprint density at radius 2 is 1.69 bits per heavy atom. The lowest BCUT2D eigenvalue weighted by atomic mass is 9.57. The summed E-state index contributed by atoms with van der Waals surface area (Å²) in [5.41, 5.74) is 4.54. The molecule has 3 aromatic rings. The van der Waals surface area contributed by atoms with Gasteiger partial charge in [0.15, 0.2) is 19.7 Å². The summed E-state index contributed by atoms with van der Waals surface area (Å²) in [5.74, 6) is -4.08. The van der Waals surface area contributed by atoms with Crippen molar-refractivity contribution in [3.05, 3.63) is 81.1 Å². The highest BCUT2D eigenvalue weighted by Gasteiger charge is 2.68. The van der Waals surface area contributed by atoms with Gasteiger partial charge in [-0.3, -0.25) is 14.5 Å². The standard InChI is InChI=1S/C45H58F3N3O7Si/c1-8-10-20-55-32-24-28(31-18-15-19-51(31)25-26-16-13-12-14-17-26)36(45(46,47)48)29-22-27-23-30-37(49)39-35(42(50-57-39)56-21-11-9-2)41(54)44(30,58-59(6,7)43(3,4)5)40(53)33(27)38(52)34(29)32/h12-14,16-17,24,27,30-31,37,52H,8-11,15,18-23,25,49H2,1-7H3/t27-,30-,31?,37-,44-/m0/s1. The largest absolute Gasteiger partial charge is 0.507 e. The molecule has 5 atom stereocenters. The Morgan fingerprint density at radius 3 is 2.34 bits per heavy atom. The summed E-state index contributed by atoms with van der Waals surface area (Å²) in [6, 6.07) is 9.45. The Labute approximate surface area is 345 Å². The van der Waals surface area contributed by atoms with Crippen molar-refractivity contribution < 1.29 is 46.3 Å². The van der Waals surface area contributed by atoms with Crippen molar-refractivity contribution in [2.24, 2.45) is 17.6 Å². The number of halogens is 3. The van der Waals surface area contributed by atoms with Crippen LogP contribution in [0.2, 0.25) is 18.1 Å². The van der Waals surface area contributed by atoms with E-state index in [0.717, 1.165) is 18.4 Å². The van der Waals surface area contributed by atoms with E-state index in [-0.39, 0.29) is 71.3 Å². The molecule has 59 heavy (non-hydrogen) atoms. The molecule has 2 fully saturated rings. The molecule has 0 amide bonds. The summed E-state index contributed by atoms with van der Waals surface area (Å²) in [7, 11) is -3.02. The van der Waals surface area contributed by atoms with Gasteiger partial charge in [-0.25, -0.2) is 0 Å². The summed E-state index contributed by atoms with van der Waals surface area (Å²) >= 11 is 0. The summed E-state index contributed by atoms with van der Waals surface area (Å²) in [5, 5.41) is 16.1. The van der Waals surface area contributed by atoms with Crippen molar-refractivity contribution in [2.75, 3.05) is 19.8 Å². The van der Waals surface area contributed by atoms with Crippen molar-refractivity contribution in [3.63, 3.8) is 0 Å². The van der Waals surface area contributed by atoms with E-state index in [2.05, 4.69) is 10.1 Å². The van der Waals surface area contributed by atoms with Crippen LogP contribution in [0.25, 0.3) is 5.76 Å². The van der Waals surface area contributed by atoms with Gasteiger partial charge in [-0.1, -0.05) is 77.8 Å². The number of alkyl halides is 3. The summed E-state index contributed by atoms with van der Waals surface area (Å²) < 4.78 is 72.3. The van der Waals surface area contributed by atoms with Gasteiger partial charge in [-0.15, -0.1) is 0 Å². The minimum atomic E-state index is -4.81. The Kier molecular flexibility index (Phi) is 11.8. The zero-order valence-electron chi connectivity index (χ0n) is 35.3. The van der Waals surface area contributed by atoms with Crippen LogP contribution in [0.5, 0.6) is 11.6 Å². The molecule has 1 unspecified atom stereocenters. The van der Waals surface area contributed by atoms with Gasteiger partial charge in [0.1, 0.15) is 17.1 Å². The number of Topliss-reactive ketones (excluding diaryl/α,β-unsaturated/α-hetero) is 2. The van der Waals surface area contributed by atoms with Gasteiger partial charge in [0.25, 0.3) is 5.88 Å². The number of ketones is 2. The first-order valence-corrected chi connectivity index (χ1v) is 24.1. The lowest BCUT2D eigenvalue weighted by Gasteiger charge is -2.53. The van der Waals surface area contributed by atoms with Crippen molar-refractivity contribution in [2.45, 2.75) is 135 Å². The fourth-order valence-electron chi connectivity index (χ4n) is 9.33. The molecule has 0 radical (unpaired) electrons. The number of fused-ring (bicyclic) bond motifs is 4. The highest BCUT2D eigenvalue weighted by Crippen LogP contribution is 2.59. The molecule has 320 valence electrons. The van der Waals surface area contributed by atoms with E-state index >= 15 is 22.8 Å². The van der Waals surface area contributed by atoms with E-state index in [9.17, 15) is 5.11 Å². The number of nitrogens with two attached hydrogens (primary N) is 1. The fourth-order valence-corrected chi connectivity index (χ4v) is 10.8. The van der Waals surface area contributed by atoms with E-state index in [1.165, 1.54) is 6.07 Å². The summed E-state index contributed by atoms with van der Waals surface area (Å²) in [4.78, 5) is 32.9. The maximum Gasteiger partial charge on any atom is 0.417 e. The van der Waals surface area contributed by atoms with Crippen LogP contribution < -0.4 is 15.2 Å². The van der Waals surface area contributed by atoms with Crippen LogP contribution in [-0.4, -0.2) is 60.4 Å². The number of carbonyl (C=O) groups excluding carboxylic acids is 2. The zero-order chi connectivity index (χ0) is 42.7. The van der Waals surface area contributed by atoms with E-state index in [0.29, 0.717) is 38.8 Å². The molecule has 7 rings (SSSR count). The van der Waals surface area contributed by atoms with E-state index in [4.69, 9.17) is 24.2 Å². The van der Waals surface area contributed by atoms with Gasteiger partial charge >= 0.3 is 6.18 Å². The highest BCUT2D eigenvalue weighted by molar-refractivity contribution is 6.74. The number of carbonyl (C=O) groups is 2. The molecular formula is C45H58F3N3O7Si. The highest BCUT2D eigenvalue weighted by atomic mass is 28.4. The van der Waals surface area contributed by atoms with E-state index < -0.39 is 71.9 Å². The number of nitrogens with zero attached hydrogens (tertiary/aromatic N) is 2. The maximum atomic E-state index is 15.8. The summed E-state index contributed by atoms with van der Waals surface area (Å²) in [6.45, 7) is 15.3. The molecule has 1 aromatic heterocycles. The Balaban J connectivity index is 1.43. The third-order valence-corrected chi connectivity index (χ3v) is 17.8. The second kappa shape index (κ2) is 16.1. The molecule has 2 heterocycles. The van der Waals surface area contributed by atoms with Crippen LogP contribution in [0.1, 0.15) is 136 Å². The molecule has 1 saturated carbocycles. The lowest BCUT2D eigenvalue weighted by Crippen LogP contribution is -2.68. The van der Waals surface area contributed by atoms with Gasteiger partial charge in [0.2, 0.25) is 11.6 Å². The fraction of sp³-hybridized carbons (Fsp3) is 0.578. The van der Waals surface area contributed by atoms with Gasteiger partial charge in [-0.2, -0.15) is 13.2 Å². The van der Waals surface area contributed by atoms with Gasteiger partial charge in [0, 0.05) is 24.1 Å². The molecule has 10 nitrogen and oxygen atoms in total. The molecule has 3 aliphatic carbocycles. The van der Waals surface area contributed by atoms with Crippen LogP contribution in [0.3, 0.4) is 0 Å². The van der Waals surface area contributed by atoms with Crippen LogP contribution in [0, 0.1) is 11.8 Å². The topological polar surface area (TPSA) is 137 Å². The first-order valence-electron chi connectivity index (χ1n) is 21.2. The average molecular weight is 838 g/mol. The first kappa shape index (κ1) is 43.1. The zero-order valence-corrected chi connectivity index (χ0v) is 36.3. The molecule has 0 spiro atoms. The number of ether oxygens (including phenoxy) is 2. The molecule has 14 heteroatoms. The van der Waals surface area contributed by atoms with Crippen LogP contribution >= 0.6 is 0 Å². The molecule has 0 bridgehead atoms. The third-order valence-electron chi connectivity index (χ3n) is 13.4. The SMILES string of the molecule is CCCCOc1cc(C2CCCN2Cc2ccccc2)c(C(F)(F)F)c2c1C(O)=C1C(=O)[C@]3(O[Si](C)(C)C(C)(C)C)C(=O)c4c(OCCCC)noc4[C@@H](N)[C@@H]3C[C@@H]1C2. The van der Waals surface area contributed by atoms with Crippen LogP contribution in [0.4, 0.5) is 13.2 Å². The Hall–Kier alpha value is -3.98. The number of unbranched alkanes of at least 4 members (excludes halogenated alkanes) is 2. The second-order valence-corrected chi connectivity index (χ2v) is 22.9. The van der Waals surface area contributed by atoms with E-state index in [1.54, 1.807) is 0 Å². The van der Waals surface area contributed by atoms with Crippen molar-refractivity contribution in [3.8, 4) is 11.6 Å². The normalized spacial score (nSPS) is 24.8. The number of rotatable bonds is 13.